The van der Waals surface area contributed by atoms with Crippen LogP contribution in [-0.4, -0.2) is 28.2 Å². The van der Waals surface area contributed by atoms with Crippen LogP contribution in [0.5, 0.6) is 0 Å². The largest absolute Gasteiger partial charge is 0.310 e. The zero-order valence-corrected chi connectivity index (χ0v) is 10.5. The Labute approximate surface area is 107 Å². The molecule has 2 fully saturated rings. The van der Waals surface area contributed by atoms with Crippen LogP contribution >= 0.6 is 0 Å². The Hall–Kier alpha value is -1.36. The van der Waals surface area contributed by atoms with Crippen LogP contribution in [0.15, 0.2) is 12.3 Å². The van der Waals surface area contributed by atoms with Gasteiger partial charge in [0.25, 0.3) is 0 Å². The van der Waals surface area contributed by atoms with Crippen LogP contribution in [0.2, 0.25) is 0 Å². The maximum Gasteiger partial charge on any atom is 0.242 e. The highest BCUT2D eigenvalue weighted by molar-refractivity contribution is 5.94. The lowest BCUT2D eigenvalue weighted by atomic mass is 9.77. The molecule has 1 aliphatic carbocycles. The Morgan fingerprint density at radius 3 is 3.00 bits per heavy atom. The monoisotopic (exact) mass is 248 g/mol. The van der Waals surface area contributed by atoms with Gasteiger partial charge in [-0.05, 0) is 31.6 Å². The number of anilines is 1. The Morgan fingerprint density at radius 1 is 1.28 bits per heavy atom. The molecule has 1 aliphatic heterocycles. The summed E-state index contributed by atoms with van der Waals surface area (Å²) in [5.41, 5.74) is 0. The van der Waals surface area contributed by atoms with Crippen LogP contribution in [0.1, 0.15) is 38.5 Å². The summed E-state index contributed by atoms with van der Waals surface area (Å²) in [6, 6.07) is 2.27. The van der Waals surface area contributed by atoms with Gasteiger partial charge in [-0.25, -0.2) is 0 Å². The van der Waals surface area contributed by atoms with Crippen molar-refractivity contribution in [1.82, 2.24) is 15.5 Å². The first-order valence-corrected chi connectivity index (χ1v) is 6.89. The van der Waals surface area contributed by atoms with Crippen LogP contribution in [-0.2, 0) is 4.79 Å². The number of H-pyrrole nitrogens is 1. The van der Waals surface area contributed by atoms with Gasteiger partial charge in [0, 0.05) is 12.1 Å². The fraction of sp³-hybridized carbons (Fsp3) is 0.692. The van der Waals surface area contributed by atoms with E-state index in [1.54, 1.807) is 12.3 Å². The van der Waals surface area contributed by atoms with Crippen LogP contribution in [0, 0.1) is 5.92 Å². The van der Waals surface area contributed by atoms with Gasteiger partial charge in [-0.3, -0.25) is 9.89 Å². The summed E-state index contributed by atoms with van der Waals surface area (Å²) in [6.45, 7) is 0. The van der Waals surface area contributed by atoms with E-state index in [-0.39, 0.29) is 11.9 Å². The molecule has 2 heterocycles. The molecule has 1 amide bonds. The fourth-order valence-corrected chi connectivity index (χ4v) is 3.25. The van der Waals surface area contributed by atoms with Crippen molar-refractivity contribution in [2.45, 2.75) is 50.6 Å². The molecule has 3 rings (SSSR count). The first kappa shape index (κ1) is 11.7. The molecule has 1 aromatic rings. The molecule has 2 aliphatic rings. The maximum atomic E-state index is 12.1. The highest BCUT2D eigenvalue weighted by atomic mass is 16.2. The summed E-state index contributed by atoms with van der Waals surface area (Å²) >= 11 is 0. The highest BCUT2D eigenvalue weighted by Gasteiger charge is 2.34. The van der Waals surface area contributed by atoms with Gasteiger partial charge in [-0.2, -0.15) is 5.10 Å². The third-order valence-electron chi connectivity index (χ3n) is 4.23. The van der Waals surface area contributed by atoms with Gasteiger partial charge in [0.1, 0.15) is 5.82 Å². The molecule has 3 atom stereocenters. The van der Waals surface area contributed by atoms with Crippen molar-refractivity contribution in [2.24, 2.45) is 5.92 Å². The van der Waals surface area contributed by atoms with Gasteiger partial charge >= 0.3 is 0 Å². The Morgan fingerprint density at radius 2 is 2.17 bits per heavy atom. The number of nitrogens with zero attached hydrogens (tertiary/aromatic N) is 1. The molecule has 0 spiro atoms. The second kappa shape index (κ2) is 5.10. The molecule has 5 nitrogen and oxygen atoms in total. The number of amides is 1. The van der Waals surface area contributed by atoms with Gasteiger partial charge in [0.15, 0.2) is 0 Å². The Balaban J connectivity index is 1.58. The van der Waals surface area contributed by atoms with Crippen molar-refractivity contribution in [3.63, 3.8) is 0 Å². The zero-order chi connectivity index (χ0) is 12.4. The number of carbonyl (C=O) groups excluding carboxylic acids is 1. The maximum absolute atomic E-state index is 12.1. The smallest absolute Gasteiger partial charge is 0.242 e. The lowest BCUT2D eigenvalue weighted by Gasteiger charge is -2.39. The predicted octanol–water partition coefficient (Wildman–Crippen LogP) is 1.66. The Bertz CT molecular complexity index is 403. The number of aromatic nitrogens is 2. The number of aromatic amines is 1. The second-order valence-electron chi connectivity index (χ2n) is 5.41. The molecule has 5 heteroatoms. The zero-order valence-electron chi connectivity index (χ0n) is 10.5. The minimum Gasteiger partial charge on any atom is -0.310 e. The lowest BCUT2D eigenvalue weighted by molar-refractivity contribution is -0.119. The molecular formula is C13H20N4O. The van der Waals surface area contributed by atoms with Gasteiger partial charge in [-0.15, -0.1) is 0 Å². The number of carbonyl (C=O) groups is 1. The summed E-state index contributed by atoms with van der Waals surface area (Å²) in [6.07, 6.45) is 8.96. The minimum atomic E-state index is -0.0485. The molecule has 1 saturated heterocycles. The molecule has 3 N–H and O–H groups in total. The fourth-order valence-electron chi connectivity index (χ4n) is 3.25. The normalized spacial score (nSPS) is 31.7. The molecule has 98 valence electrons. The molecule has 0 bridgehead atoms. The van der Waals surface area contributed by atoms with E-state index in [0.717, 1.165) is 12.3 Å². The van der Waals surface area contributed by atoms with E-state index in [1.165, 1.54) is 32.1 Å². The van der Waals surface area contributed by atoms with Gasteiger partial charge in [0.2, 0.25) is 5.91 Å². The molecule has 0 radical (unpaired) electrons. The van der Waals surface area contributed by atoms with E-state index in [1.807, 2.05) is 0 Å². The van der Waals surface area contributed by atoms with Crippen molar-refractivity contribution < 1.29 is 4.79 Å². The van der Waals surface area contributed by atoms with E-state index < -0.39 is 0 Å². The second-order valence-corrected chi connectivity index (χ2v) is 5.41. The van der Waals surface area contributed by atoms with Crippen molar-refractivity contribution in [2.75, 3.05) is 5.32 Å². The highest BCUT2D eigenvalue weighted by Crippen LogP contribution is 2.32. The molecule has 1 saturated carbocycles. The third kappa shape index (κ3) is 2.41. The number of piperidine rings is 1. The van der Waals surface area contributed by atoms with Crippen LogP contribution in [0.25, 0.3) is 0 Å². The molecule has 0 aromatic carbocycles. The van der Waals surface area contributed by atoms with Crippen LogP contribution in [0.3, 0.4) is 0 Å². The summed E-state index contributed by atoms with van der Waals surface area (Å²) in [4.78, 5) is 12.1. The molecule has 1 aromatic heterocycles. The third-order valence-corrected chi connectivity index (χ3v) is 4.23. The lowest BCUT2D eigenvalue weighted by Crippen LogP contribution is -2.53. The van der Waals surface area contributed by atoms with Gasteiger partial charge in [-0.1, -0.05) is 12.8 Å². The van der Waals surface area contributed by atoms with Crippen molar-refractivity contribution >= 4 is 11.7 Å². The Kier molecular flexibility index (Phi) is 3.32. The number of hydrogen-bond acceptors (Lipinski definition) is 3. The number of rotatable bonds is 2. The van der Waals surface area contributed by atoms with E-state index in [2.05, 4.69) is 20.8 Å². The van der Waals surface area contributed by atoms with Crippen LogP contribution in [0.4, 0.5) is 5.82 Å². The van der Waals surface area contributed by atoms with Crippen LogP contribution < -0.4 is 10.6 Å². The SMILES string of the molecule is O=C(Nc1ccn[nH]1)C1CCC2CCCCC2N1. The molecular weight excluding hydrogens is 228 g/mol. The average molecular weight is 248 g/mol. The van der Waals surface area contributed by atoms with E-state index in [9.17, 15) is 4.79 Å². The van der Waals surface area contributed by atoms with Crippen molar-refractivity contribution in [3.8, 4) is 0 Å². The van der Waals surface area contributed by atoms with E-state index >= 15 is 0 Å². The van der Waals surface area contributed by atoms with E-state index in [4.69, 9.17) is 0 Å². The summed E-state index contributed by atoms with van der Waals surface area (Å²) in [7, 11) is 0. The predicted molar refractivity (Wildman–Crippen MR) is 69.1 cm³/mol. The average Bonchev–Trinajstić information content (AvgIpc) is 2.91. The van der Waals surface area contributed by atoms with Crippen molar-refractivity contribution in [1.29, 1.82) is 0 Å². The summed E-state index contributed by atoms with van der Waals surface area (Å²) < 4.78 is 0. The van der Waals surface area contributed by atoms with Gasteiger partial charge < -0.3 is 10.6 Å². The van der Waals surface area contributed by atoms with Crippen molar-refractivity contribution in [3.05, 3.63) is 12.3 Å². The number of hydrogen-bond donors (Lipinski definition) is 3. The number of nitrogens with one attached hydrogen (secondary N) is 3. The summed E-state index contributed by atoms with van der Waals surface area (Å²) in [5, 5.41) is 13.0. The topological polar surface area (TPSA) is 69.8 Å². The first-order chi connectivity index (χ1) is 8.83. The quantitative estimate of drug-likeness (QED) is 0.745. The molecule has 3 unspecified atom stereocenters. The first-order valence-electron chi connectivity index (χ1n) is 6.89. The summed E-state index contributed by atoms with van der Waals surface area (Å²) in [5.74, 6) is 1.52. The number of fused-ring (bicyclic) bond motifs is 1. The minimum absolute atomic E-state index is 0.0485. The van der Waals surface area contributed by atoms with E-state index in [0.29, 0.717) is 11.9 Å². The standard InChI is InChI=1S/C13H20N4O/c18-13(16-12-7-8-14-17-12)11-6-5-9-3-1-2-4-10(9)15-11/h7-11,15H,1-6H2,(H2,14,16,17,18). The molecule has 18 heavy (non-hydrogen) atoms. The van der Waals surface area contributed by atoms with Gasteiger partial charge in [0.05, 0.1) is 12.2 Å².